The molecule has 146 valence electrons. The molecule has 3 N–H and O–H groups in total. The summed E-state index contributed by atoms with van der Waals surface area (Å²) in [5, 5.41) is 0.571. The first-order chi connectivity index (χ1) is 13.2. The normalized spacial score (nSPS) is 10.5. The summed E-state index contributed by atoms with van der Waals surface area (Å²) >= 11 is 8.80. The lowest BCUT2D eigenvalue weighted by atomic mass is 10.2. The standard InChI is InChI=1S/C11H9NO4S.C7H5BrClNO/c13-17(14,15)10-6-7-11(12-8-10)16-9-4-2-1-3-5-9;8-6-3-4(9)1-2-5(6)7(10)11/h1-8H,(H,13,14,15);1-3H,(H2,10,11). The van der Waals surface area contributed by atoms with Crippen LogP contribution in [0.4, 0.5) is 0 Å². The molecular formula is C18H14BrClN2O5S. The predicted octanol–water partition coefficient (Wildman–Crippen LogP) is 4.32. The molecule has 7 nitrogen and oxygen atoms in total. The second-order valence-corrected chi connectivity index (χ2v) is 7.92. The highest BCUT2D eigenvalue weighted by Crippen LogP contribution is 2.21. The number of nitrogens with two attached hydrogens (primary N) is 1. The number of hydrogen-bond donors (Lipinski definition) is 2. The maximum absolute atomic E-state index is 10.8. The van der Waals surface area contributed by atoms with Crippen molar-refractivity contribution in [3.63, 3.8) is 0 Å². The van der Waals surface area contributed by atoms with E-state index in [1.54, 1.807) is 30.3 Å². The van der Waals surface area contributed by atoms with E-state index in [-0.39, 0.29) is 10.8 Å². The number of hydrogen-bond acceptors (Lipinski definition) is 5. The first-order valence-electron chi connectivity index (χ1n) is 7.58. The molecule has 3 aromatic rings. The smallest absolute Gasteiger partial charge is 0.296 e. The number of ether oxygens (including phenoxy) is 1. The van der Waals surface area contributed by atoms with Gasteiger partial charge in [0, 0.05) is 15.6 Å². The van der Waals surface area contributed by atoms with Crippen molar-refractivity contribution in [1.29, 1.82) is 0 Å². The average molecular weight is 486 g/mol. The van der Waals surface area contributed by atoms with Crippen molar-refractivity contribution in [3.05, 3.63) is 81.9 Å². The van der Waals surface area contributed by atoms with Crippen LogP contribution in [0.1, 0.15) is 10.4 Å². The number of carbonyl (C=O) groups is 1. The van der Waals surface area contributed by atoms with Gasteiger partial charge in [0.1, 0.15) is 10.6 Å². The Balaban J connectivity index is 0.000000221. The van der Waals surface area contributed by atoms with Crippen LogP contribution in [0.25, 0.3) is 0 Å². The molecule has 0 saturated heterocycles. The highest BCUT2D eigenvalue weighted by Gasteiger charge is 2.10. The van der Waals surface area contributed by atoms with Gasteiger partial charge in [-0.25, -0.2) is 4.98 Å². The summed E-state index contributed by atoms with van der Waals surface area (Å²) in [5.41, 5.74) is 5.49. The van der Waals surface area contributed by atoms with Crippen LogP contribution in [-0.4, -0.2) is 23.9 Å². The summed E-state index contributed by atoms with van der Waals surface area (Å²) in [7, 11) is -4.21. The van der Waals surface area contributed by atoms with Crippen molar-refractivity contribution in [2.24, 2.45) is 5.73 Å². The molecule has 0 aliphatic carbocycles. The van der Waals surface area contributed by atoms with Gasteiger partial charge in [0.25, 0.3) is 10.1 Å². The molecule has 0 saturated carbocycles. The number of benzene rings is 2. The number of aromatic nitrogens is 1. The Bertz CT molecular complexity index is 1060. The first kappa shape index (κ1) is 21.8. The van der Waals surface area contributed by atoms with E-state index < -0.39 is 16.0 Å². The number of nitrogens with zero attached hydrogens (tertiary/aromatic N) is 1. The summed E-state index contributed by atoms with van der Waals surface area (Å²) in [6.07, 6.45) is 1.04. The molecule has 0 unspecified atom stereocenters. The van der Waals surface area contributed by atoms with Gasteiger partial charge in [0.15, 0.2) is 0 Å². The third-order valence-electron chi connectivity index (χ3n) is 3.17. The molecule has 10 heteroatoms. The summed E-state index contributed by atoms with van der Waals surface area (Å²) in [5.74, 6) is 0.386. The number of amides is 1. The Morgan fingerprint density at radius 3 is 2.29 bits per heavy atom. The predicted molar refractivity (Wildman–Crippen MR) is 108 cm³/mol. The van der Waals surface area contributed by atoms with Gasteiger partial charge in [0.05, 0.1) is 11.8 Å². The molecular weight excluding hydrogens is 472 g/mol. The Labute approximate surface area is 175 Å². The number of halogens is 2. The zero-order valence-corrected chi connectivity index (χ0v) is 17.3. The topological polar surface area (TPSA) is 120 Å². The van der Waals surface area contributed by atoms with Crippen LogP contribution in [0.3, 0.4) is 0 Å². The van der Waals surface area contributed by atoms with Crippen molar-refractivity contribution in [1.82, 2.24) is 4.98 Å². The van der Waals surface area contributed by atoms with E-state index in [0.29, 0.717) is 20.8 Å². The Morgan fingerprint density at radius 1 is 1.11 bits per heavy atom. The van der Waals surface area contributed by atoms with E-state index in [4.69, 9.17) is 26.6 Å². The van der Waals surface area contributed by atoms with Crippen LogP contribution in [0.5, 0.6) is 11.6 Å². The molecule has 0 radical (unpaired) electrons. The maximum atomic E-state index is 10.8. The third-order valence-corrected chi connectivity index (χ3v) is 4.90. The molecule has 1 amide bonds. The maximum Gasteiger partial charge on any atom is 0.296 e. The van der Waals surface area contributed by atoms with Crippen molar-refractivity contribution in [2.45, 2.75) is 4.90 Å². The number of pyridine rings is 1. The van der Waals surface area contributed by atoms with Crippen molar-refractivity contribution >= 4 is 43.6 Å². The van der Waals surface area contributed by atoms with E-state index >= 15 is 0 Å². The van der Waals surface area contributed by atoms with Gasteiger partial charge >= 0.3 is 0 Å². The number of carbonyl (C=O) groups excluding carboxylic acids is 1. The highest BCUT2D eigenvalue weighted by molar-refractivity contribution is 9.10. The van der Waals surface area contributed by atoms with Gasteiger partial charge in [-0.1, -0.05) is 29.8 Å². The lowest BCUT2D eigenvalue weighted by molar-refractivity contribution is 0.0999. The van der Waals surface area contributed by atoms with Gasteiger partial charge in [-0.2, -0.15) is 8.42 Å². The first-order valence-corrected chi connectivity index (χ1v) is 10.2. The van der Waals surface area contributed by atoms with Crippen LogP contribution >= 0.6 is 27.5 Å². The fourth-order valence-electron chi connectivity index (χ4n) is 1.88. The fourth-order valence-corrected chi connectivity index (χ4v) is 3.18. The molecule has 1 heterocycles. The van der Waals surface area contributed by atoms with Crippen molar-refractivity contribution in [2.75, 3.05) is 0 Å². The van der Waals surface area contributed by atoms with Crippen molar-refractivity contribution in [3.8, 4) is 11.6 Å². The summed E-state index contributed by atoms with van der Waals surface area (Å²) in [4.78, 5) is 14.2. The van der Waals surface area contributed by atoms with Crippen LogP contribution in [0.15, 0.2) is 76.2 Å². The van der Waals surface area contributed by atoms with Gasteiger partial charge in [-0.3, -0.25) is 9.35 Å². The zero-order chi connectivity index (χ0) is 20.7. The van der Waals surface area contributed by atoms with Gasteiger partial charge in [-0.05, 0) is 52.3 Å². The molecule has 0 aliphatic heterocycles. The highest BCUT2D eigenvalue weighted by atomic mass is 79.9. The molecule has 0 aliphatic rings. The Hall–Kier alpha value is -2.46. The summed E-state index contributed by atoms with van der Waals surface area (Å²) < 4.78 is 36.3. The minimum absolute atomic E-state index is 0.253. The van der Waals surface area contributed by atoms with Crippen LogP contribution in [0, 0.1) is 0 Å². The van der Waals surface area contributed by atoms with Crippen LogP contribution in [-0.2, 0) is 10.1 Å². The lowest BCUT2D eigenvalue weighted by Crippen LogP contribution is -2.11. The quantitative estimate of drug-likeness (QED) is 0.531. The molecule has 0 bridgehead atoms. The molecule has 28 heavy (non-hydrogen) atoms. The lowest BCUT2D eigenvalue weighted by Gasteiger charge is -2.04. The monoisotopic (exact) mass is 484 g/mol. The molecule has 2 aromatic carbocycles. The molecule has 0 atom stereocenters. The van der Waals surface area contributed by atoms with Gasteiger partial charge in [-0.15, -0.1) is 0 Å². The minimum atomic E-state index is -4.21. The van der Waals surface area contributed by atoms with Gasteiger partial charge in [0.2, 0.25) is 11.8 Å². The van der Waals surface area contributed by atoms with E-state index in [2.05, 4.69) is 20.9 Å². The number of rotatable bonds is 4. The molecule has 0 spiro atoms. The summed E-state index contributed by atoms with van der Waals surface area (Å²) in [6.45, 7) is 0. The number of primary amides is 1. The van der Waals surface area contributed by atoms with Crippen LogP contribution < -0.4 is 10.5 Å². The van der Waals surface area contributed by atoms with E-state index in [9.17, 15) is 13.2 Å². The van der Waals surface area contributed by atoms with E-state index in [0.717, 1.165) is 6.20 Å². The third kappa shape index (κ3) is 6.61. The zero-order valence-electron chi connectivity index (χ0n) is 14.1. The Morgan fingerprint density at radius 2 is 1.79 bits per heavy atom. The fraction of sp³-hybridized carbons (Fsp3) is 0. The van der Waals surface area contributed by atoms with Gasteiger partial charge < -0.3 is 10.5 Å². The van der Waals surface area contributed by atoms with E-state index in [1.807, 2.05) is 18.2 Å². The SMILES string of the molecule is NC(=O)c1ccc(Cl)cc1Br.O=S(=O)(O)c1ccc(Oc2ccccc2)nc1. The second-order valence-electron chi connectivity index (χ2n) is 5.21. The Kier molecular flexibility index (Phi) is 7.53. The van der Waals surface area contributed by atoms with Crippen molar-refractivity contribution < 1.29 is 22.5 Å². The molecule has 0 fully saturated rings. The minimum Gasteiger partial charge on any atom is -0.439 e. The van der Waals surface area contributed by atoms with E-state index in [1.165, 1.54) is 12.1 Å². The molecule has 1 aromatic heterocycles. The second kappa shape index (κ2) is 9.65. The summed E-state index contributed by atoms with van der Waals surface area (Å²) in [6, 6.07) is 16.4. The van der Waals surface area contributed by atoms with Crippen LogP contribution in [0.2, 0.25) is 5.02 Å². The molecule has 3 rings (SSSR count). The average Bonchev–Trinajstić information content (AvgIpc) is 2.62. The largest absolute Gasteiger partial charge is 0.439 e. The number of para-hydroxylation sites is 1.